The van der Waals surface area contributed by atoms with Gasteiger partial charge in [0.1, 0.15) is 23.0 Å². The highest BCUT2D eigenvalue weighted by molar-refractivity contribution is 6.31. The van der Waals surface area contributed by atoms with E-state index in [9.17, 15) is 23.1 Å². The summed E-state index contributed by atoms with van der Waals surface area (Å²) in [6, 6.07) is 8.86. The zero-order valence-corrected chi connectivity index (χ0v) is 22.3. The first-order chi connectivity index (χ1) is 18.9. The number of methoxy groups -OCH3 is 1. The van der Waals surface area contributed by atoms with Gasteiger partial charge < -0.3 is 28.7 Å². The number of alkyl halides is 3. The molecule has 40 heavy (non-hydrogen) atoms. The maximum absolute atomic E-state index is 13.1. The first kappa shape index (κ1) is 27.4. The van der Waals surface area contributed by atoms with E-state index < -0.39 is 18.4 Å². The molecule has 2 unspecified atom stereocenters. The largest absolute Gasteiger partial charge is 0.573 e. The third-order valence-corrected chi connectivity index (χ3v) is 7.14. The first-order valence-corrected chi connectivity index (χ1v) is 12.6. The Morgan fingerprint density at radius 3 is 2.67 bits per heavy atom. The van der Waals surface area contributed by atoms with Crippen LogP contribution >= 0.6 is 11.6 Å². The van der Waals surface area contributed by atoms with Crippen molar-refractivity contribution < 1.29 is 42.1 Å². The van der Waals surface area contributed by atoms with Crippen molar-refractivity contribution in [1.82, 2.24) is 4.57 Å². The zero-order chi connectivity index (χ0) is 28.8. The van der Waals surface area contributed by atoms with Crippen LogP contribution in [0.3, 0.4) is 0 Å². The molecule has 0 saturated heterocycles. The van der Waals surface area contributed by atoms with Crippen molar-refractivity contribution in [3.05, 3.63) is 82.2 Å². The van der Waals surface area contributed by atoms with Crippen LogP contribution in [0.4, 0.5) is 13.2 Å². The maximum Gasteiger partial charge on any atom is 0.573 e. The number of hydrogen-bond acceptors (Lipinski definition) is 6. The van der Waals surface area contributed by atoms with Crippen LogP contribution in [0.15, 0.2) is 65.5 Å². The van der Waals surface area contributed by atoms with Gasteiger partial charge >= 0.3 is 12.3 Å². The van der Waals surface area contributed by atoms with E-state index in [0.717, 1.165) is 0 Å². The second-order valence-electron chi connectivity index (χ2n) is 9.33. The summed E-state index contributed by atoms with van der Waals surface area (Å²) >= 11 is 6.49. The van der Waals surface area contributed by atoms with Gasteiger partial charge in [0.25, 0.3) is 0 Å². The van der Waals surface area contributed by atoms with Crippen LogP contribution in [0.25, 0.3) is 10.9 Å². The van der Waals surface area contributed by atoms with Gasteiger partial charge in [-0.1, -0.05) is 22.8 Å². The topological polar surface area (TPSA) is 91.5 Å². The van der Waals surface area contributed by atoms with E-state index in [0.29, 0.717) is 44.2 Å². The summed E-state index contributed by atoms with van der Waals surface area (Å²) < 4.78 is 56.0. The molecule has 12 heteroatoms. The summed E-state index contributed by atoms with van der Waals surface area (Å²) in [6.07, 6.45) is -0.803. The van der Waals surface area contributed by atoms with Crippen LogP contribution < -0.4 is 9.47 Å². The number of carboxylic acids is 1. The number of benzene rings is 2. The number of carbonyl (C=O) groups is 1. The number of aromatic nitrogens is 1. The number of oxime groups is 1. The highest BCUT2D eigenvalue weighted by Gasteiger charge is 2.37. The smallest absolute Gasteiger partial charge is 0.497 e. The van der Waals surface area contributed by atoms with Crippen molar-refractivity contribution in [2.45, 2.75) is 39.0 Å². The number of halogens is 4. The van der Waals surface area contributed by atoms with Crippen LogP contribution in [-0.2, 0) is 20.9 Å². The summed E-state index contributed by atoms with van der Waals surface area (Å²) in [5, 5.41) is 14.6. The lowest BCUT2D eigenvalue weighted by molar-refractivity contribution is -0.274. The lowest BCUT2D eigenvalue weighted by Crippen LogP contribution is -2.23. The van der Waals surface area contributed by atoms with Gasteiger partial charge in [-0.05, 0) is 55.8 Å². The van der Waals surface area contributed by atoms with Crippen LogP contribution in [-0.4, -0.2) is 47.0 Å². The Morgan fingerprint density at radius 2 is 1.98 bits per heavy atom. The molecule has 1 aromatic heterocycles. The van der Waals surface area contributed by atoms with Gasteiger partial charge in [-0.15, -0.1) is 13.2 Å². The Labute approximate surface area is 231 Å². The summed E-state index contributed by atoms with van der Waals surface area (Å²) in [7, 11) is 1.55. The van der Waals surface area contributed by atoms with Crippen LogP contribution in [0.5, 0.6) is 11.5 Å². The number of carboxylic acid groups (broad SMARTS) is 1. The Bertz CT molecular complexity index is 1580. The molecule has 0 fully saturated rings. The highest BCUT2D eigenvalue weighted by atomic mass is 35.5. The SMILES string of the molecule is COC1=CC2ON=C(c3c(C)n(Cc4cc(O[C@H](C)C(=O)O)ccc4Cl)c4cc(OC(F)(F)F)ccc34)C2C=C1. The van der Waals surface area contributed by atoms with Gasteiger partial charge in [-0.3, -0.25) is 0 Å². The van der Waals surface area contributed by atoms with Gasteiger partial charge in [0, 0.05) is 40.4 Å². The minimum absolute atomic E-state index is 0.140. The number of allylic oxidation sites excluding steroid dienone is 1. The highest BCUT2D eigenvalue weighted by Crippen LogP contribution is 2.38. The Kier molecular flexibility index (Phi) is 7.17. The van der Waals surface area contributed by atoms with Gasteiger partial charge in [0.15, 0.2) is 12.2 Å². The van der Waals surface area contributed by atoms with Gasteiger partial charge in [0.2, 0.25) is 0 Å². The summed E-state index contributed by atoms with van der Waals surface area (Å²) in [4.78, 5) is 16.9. The molecule has 0 bridgehead atoms. The molecular formula is C28H24ClF3N2O6. The molecule has 1 aliphatic carbocycles. The molecule has 2 aliphatic rings. The normalized spacial score (nSPS) is 19.0. The average Bonchev–Trinajstić information content (AvgIpc) is 3.42. The van der Waals surface area contributed by atoms with Crippen molar-refractivity contribution >= 4 is 34.2 Å². The minimum atomic E-state index is -4.87. The lowest BCUT2D eigenvalue weighted by Gasteiger charge is -2.18. The molecule has 5 rings (SSSR count). The van der Waals surface area contributed by atoms with E-state index >= 15 is 0 Å². The molecule has 1 N–H and O–H groups in total. The maximum atomic E-state index is 13.1. The fourth-order valence-electron chi connectivity index (χ4n) is 4.85. The molecule has 2 aromatic carbocycles. The number of hydrogen-bond donors (Lipinski definition) is 1. The van der Waals surface area contributed by atoms with Crippen molar-refractivity contribution in [3.8, 4) is 11.5 Å². The number of rotatable bonds is 8. The number of nitrogens with zero attached hydrogens (tertiary/aromatic N) is 2. The van der Waals surface area contributed by atoms with Crippen LogP contribution in [0, 0.1) is 12.8 Å². The number of aliphatic carboxylic acids is 1. The molecule has 2 heterocycles. The quantitative estimate of drug-likeness (QED) is 0.342. The minimum Gasteiger partial charge on any atom is -0.497 e. The second kappa shape index (κ2) is 10.5. The monoisotopic (exact) mass is 576 g/mol. The molecule has 0 amide bonds. The van der Waals surface area contributed by atoms with Gasteiger partial charge in [-0.2, -0.15) is 0 Å². The molecule has 0 saturated carbocycles. The Balaban J connectivity index is 1.60. The number of fused-ring (bicyclic) bond motifs is 2. The molecule has 8 nitrogen and oxygen atoms in total. The fraction of sp³-hybridized carbons (Fsp3) is 0.286. The van der Waals surface area contributed by atoms with Crippen LogP contribution in [0.1, 0.15) is 23.7 Å². The van der Waals surface area contributed by atoms with Crippen molar-refractivity contribution in [3.63, 3.8) is 0 Å². The summed E-state index contributed by atoms with van der Waals surface area (Å²) in [5.74, 6) is -0.821. The summed E-state index contributed by atoms with van der Waals surface area (Å²) in [6.45, 7) is 3.37. The summed E-state index contributed by atoms with van der Waals surface area (Å²) in [5.41, 5.74) is 3.06. The van der Waals surface area contributed by atoms with Crippen LogP contribution in [0.2, 0.25) is 5.02 Å². The fourth-order valence-corrected chi connectivity index (χ4v) is 5.03. The molecule has 0 radical (unpaired) electrons. The van der Waals surface area contributed by atoms with Crippen molar-refractivity contribution in [2.75, 3.05) is 7.11 Å². The van der Waals surface area contributed by atoms with Crippen molar-refractivity contribution in [1.29, 1.82) is 0 Å². The second-order valence-corrected chi connectivity index (χ2v) is 9.74. The Hall–Kier alpha value is -4.12. The standard InChI is InChI=1S/C28H24ClF3N2O6/c1-14-25(26-21-8-4-17(37-3)12-24(21)40-33-26)20-7-5-19(39-28(30,31)32)11-23(20)34(14)13-16-10-18(6-9-22(16)29)38-15(2)27(35)36/h4-12,15,21,24H,13H2,1-3H3,(H,35,36)/t15-,21?,24?/m1/s1. The Morgan fingerprint density at radius 1 is 1.23 bits per heavy atom. The molecule has 3 aromatic rings. The zero-order valence-electron chi connectivity index (χ0n) is 21.5. The van der Waals surface area contributed by atoms with E-state index in [1.807, 2.05) is 25.2 Å². The first-order valence-electron chi connectivity index (χ1n) is 12.2. The van der Waals surface area contributed by atoms with E-state index in [4.69, 9.17) is 25.9 Å². The molecular weight excluding hydrogens is 553 g/mol. The predicted molar refractivity (Wildman–Crippen MR) is 141 cm³/mol. The molecule has 0 spiro atoms. The van der Waals surface area contributed by atoms with E-state index in [1.165, 1.54) is 19.1 Å². The third kappa shape index (κ3) is 5.33. The average molecular weight is 577 g/mol. The van der Waals surface area contributed by atoms with E-state index in [-0.39, 0.29) is 30.1 Å². The number of ether oxygens (including phenoxy) is 3. The molecule has 210 valence electrons. The lowest BCUT2D eigenvalue weighted by atomic mass is 9.88. The van der Waals surface area contributed by atoms with E-state index in [2.05, 4.69) is 9.89 Å². The predicted octanol–water partition coefficient (Wildman–Crippen LogP) is 6.22. The molecule has 1 aliphatic heterocycles. The molecule has 3 atom stereocenters. The van der Waals surface area contributed by atoms with E-state index in [1.54, 1.807) is 35.9 Å². The van der Waals surface area contributed by atoms with Gasteiger partial charge in [-0.25, -0.2) is 4.79 Å². The third-order valence-electron chi connectivity index (χ3n) is 6.77. The van der Waals surface area contributed by atoms with Gasteiger partial charge in [0.05, 0.1) is 18.5 Å². The van der Waals surface area contributed by atoms with Crippen molar-refractivity contribution in [2.24, 2.45) is 11.1 Å².